The minimum Gasteiger partial charge on any atom is -0.313 e. The fraction of sp³-hybridized carbons (Fsp3) is 0.611. The first-order chi connectivity index (χ1) is 12.5. The van der Waals surface area contributed by atoms with E-state index in [2.05, 4.69) is 30.4 Å². The SMILES string of the molecule is Cc1cccc2c1C[C@H]1NCC[C@@]23CC(=O)CC[C@@H]13.O=S(=O)(O)C(F)(F)F. The molecule has 2 N–H and O–H groups in total. The number of benzene rings is 1. The number of aryl methyl sites for hydroxylation is 1. The van der Waals surface area contributed by atoms with E-state index in [9.17, 15) is 18.0 Å². The van der Waals surface area contributed by atoms with Crippen molar-refractivity contribution in [2.24, 2.45) is 5.92 Å². The average Bonchev–Trinajstić information content (AvgIpc) is 2.54. The summed E-state index contributed by atoms with van der Waals surface area (Å²) in [5.41, 5.74) is -0.950. The van der Waals surface area contributed by atoms with Crippen LogP contribution in [-0.4, -0.2) is 36.8 Å². The summed E-state index contributed by atoms with van der Waals surface area (Å²) in [6, 6.07) is 7.29. The Morgan fingerprint density at radius 3 is 2.59 bits per heavy atom. The molecule has 3 atom stereocenters. The van der Waals surface area contributed by atoms with Gasteiger partial charge in [0.05, 0.1) is 0 Å². The Hall–Kier alpha value is -1.45. The third kappa shape index (κ3) is 3.64. The van der Waals surface area contributed by atoms with Gasteiger partial charge in [0.2, 0.25) is 0 Å². The number of halogens is 3. The first-order valence-electron chi connectivity index (χ1n) is 8.83. The third-order valence-electron chi connectivity index (χ3n) is 6.08. The number of alkyl halides is 3. The topological polar surface area (TPSA) is 83.5 Å². The molecule has 1 saturated heterocycles. The summed E-state index contributed by atoms with van der Waals surface area (Å²) in [6.07, 6.45) is 4.96. The number of carbonyl (C=O) groups excluding carboxylic acids is 1. The monoisotopic (exact) mass is 405 g/mol. The van der Waals surface area contributed by atoms with Gasteiger partial charge in [0.1, 0.15) is 5.78 Å². The van der Waals surface area contributed by atoms with Crippen molar-refractivity contribution < 1.29 is 30.9 Å². The second kappa shape index (κ2) is 6.86. The van der Waals surface area contributed by atoms with Gasteiger partial charge in [-0.05, 0) is 55.3 Å². The second-order valence-corrected chi connectivity index (χ2v) is 8.97. The van der Waals surface area contributed by atoms with Crippen molar-refractivity contribution in [3.05, 3.63) is 34.9 Å². The largest absolute Gasteiger partial charge is 0.522 e. The van der Waals surface area contributed by atoms with Gasteiger partial charge >= 0.3 is 15.6 Å². The van der Waals surface area contributed by atoms with Crippen LogP contribution in [0.15, 0.2) is 18.2 Å². The molecule has 0 unspecified atom stereocenters. The van der Waals surface area contributed by atoms with E-state index in [0.29, 0.717) is 17.7 Å². The number of hydrogen-bond donors (Lipinski definition) is 2. The van der Waals surface area contributed by atoms with Crippen LogP contribution in [0.2, 0.25) is 0 Å². The predicted octanol–water partition coefficient (Wildman–Crippen LogP) is 2.91. The molecule has 1 aliphatic heterocycles. The molecule has 9 heteroatoms. The average molecular weight is 405 g/mol. The Bertz CT molecular complexity index is 853. The lowest BCUT2D eigenvalue weighted by atomic mass is 9.52. The molecule has 1 saturated carbocycles. The minimum absolute atomic E-state index is 0.158. The van der Waals surface area contributed by atoms with Gasteiger partial charge in [-0.25, -0.2) is 0 Å². The van der Waals surface area contributed by atoms with Gasteiger partial charge in [0.25, 0.3) is 0 Å². The quantitative estimate of drug-likeness (QED) is 0.512. The molecule has 3 aliphatic rings. The molecule has 0 radical (unpaired) electrons. The highest BCUT2D eigenvalue weighted by atomic mass is 32.2. The number of ketones is 1. The van der Waals surface area contributed by atoms with Crippen LogP contribution in [0.3, 0.4) is 0 Å². The first kappa shape index (κ1) is 20.3. The molecule has 27 heavy (non-hydrogen) atoms. The number of nitrogens with one attached hydrogen (secondary N) is 1. The fourth-order valence-corrected chi connectivity index (χ4v) is 4.95. The molecule has 2 bridgehead atoms. The summed E-state index contributed by atoms with van der Waals surface area (Å²) in [4.78, 5) is 12.1. The number of rotatable bonds is 0. The third-order valence-corrected chi connectivity index (χ3v) is 6.67. The van der Waals surface area contributed by atoms with E-state index in [1.54, 1.807) is 0 Å². The van der Waals surface area contributed by atoms with Gasteiger partial charge in [-0.2, -0.15) is 21.6 Å². The highest BCUT2D eigenvalue weighted by Gasteiger charge is 2.53. The summed E-state index contributed by atoms with van der Waals surface area (Å²) >= 11 is 0. The van der Waals surface area contributed by atoms with Crippen LogP contribution < -0.4 is 5.32 Å². The Morgan fingerprint density at radius 2 is 1.96 bits per heavy atom. The van der Waals surface area contributed by atoms with Crippen molar-refractivity contribution in [1.82, 2.24) is 5.32 Å². The van der Waals surface area contributed by atoms with Crippen LogP contribution in [-0.2, 0) is 26.7 Å². The molecule has 0 spiro atoms. The van der Waals surface area contributed by atoms with Gasteiger partial charge in [-0.1, -0.05) is 18.2 Å². The van der Waals surface area contributed by atoms with Gasteiger partial charge in [-0.15, -0.1) is 0 Å². The van der Waals surface area contributed by atoms with Crippen molar-refractivity contribution in [2.45, 2.75) is 56.0 Å². The maximum absolute atomic E-state index is 12.1. The van der Waals surface area contributed by atoms with Gasteiger partial charge in [-0.3, -0.25) is 9.35 Å². The lowest BCUT2D eigenvalue weighted by Gasteiger charge is -2.55. The number of hydrogen-bond acceptors (Lipinski definition) is 4. The van der Waals surface area contributed by atoms with Crippen molar-refractivity contribution in [1.29, 1.82) is 0 Å². The van der Waals surface area contributed by atoms with Crippen LogP contribution in [0.1, 0.15) is 42.4 Å². The first-order valence-corrected chi connectivity index (χ1v) is 10.3. The summed E-state index contributed by atoms with van der Waals surface area (Å²) in [5, 5.41) is 3.72. The van der Waals surface area contributed by atoms with Crippen LogP contribution >= 0.6 is 0 Å². The molecular weight excluding hydrogens is 383 g/mol. The molecule has 1 aromatic rings. The van der Waals surface area contributed by atoms with Crippen molar-refractivity contribution in [3.8, 4) is 0 Å². The molecule has 2 fully saturated rings. The summed E-state index contributed by atoms with van der Waals surface area (Å²) < 4.78 is 57.5. The van der Waals surface area contributed by atoms with Gasteiger partial charge < -0.3 is 5.32 Å². The van der Waals surface area contributed by atoms with Gasteiger partial charge in [0.15, 0.2) is 0 Å². The number of carbonyl (C=O) groups is 1. The van der Waals surface area contributed by atoms with Crippen LogP contribution in [0.5, 0.6) is 0 Å². The molecule has 1 heterocycles. The molecule has 4 rings (SSSR count). The highest BCUT2D eigenvalue weighted by Crippen LogP contribution is 2.53. The summed E-state index contributed by atoms with van der Waals surface area (Å²) in [6.45, 7) is 3.29. The zero-order chi connectivity index (χ0) is 20.0. The van der Waals surface area contributed by atoms with Crippen LogP contribution in [0.4, 0.5) is 13.2 Å². The Balaban J connectivity index is 0.000000226. The highest BCUT2D eigenvalue weighted by molar-refractivity contribution is 7.86. The Kier molecular flexibility index (Phi) is 5.15. The van der Waals surface area contributed by atoms with Crippen LogP contribution in [0, 0.1) is 12.8 Å². The van der Waals surface area contributed by atoms with E-state index in [1.165, 1.54) is 16.7 Å². The van der Waals surface area contributed by atoms with Crippen molar-refractivity contribution in [2.75, 3.05) is 6.54 Å². The zero-order valence-electron chi connectivity index (χ0n) is 14.8. The Morgan fingerprint density at radius 1 is 1.30 bits per heavy atom. The standard InChI is InChI=1S/C17H21NO.CHF3O3S/c1-11-3-2-4-14-13(11)9-16-15-6-5-12(19)10-17(14,15)7-8-18-16;2-1(3,4)8(5,6)7/h2-4,15-16,18H,5-10H2,1H3;(H,5,6,7)/t15-,16+,17+;/m0./s1. The minimum atomic E-state index is -5.84. The molecule has 1 aromatic carbocycles. The zero-order valence-corrected chi connectivity index (χ0v) is 15.7. The van der Waals surface area contributed by atoms with E-state index in [4.69, 9.17) is 13.0 Å². The van der Waals surface area contributed by atoms with E-state index < -0.39 is 15.6 Å². The number of fused-ring (bicyclic) bond motifs is 1. The van der Waals surface area contributed by atoms with E-state index in [0.717, 1.165) is 38.6 Å². The van der Waals surface area contributed by atoms with Crippen molar-refractivity contribution >= 4 is 15.9 Å². The maximum Gasteiger partial charge on any atom is 0.522 e. The Labute approximate surface area is 156 Å². The molecule has 150 valence electrons. The van der Waals surface area contributed by atoms with Gasteiger partial charge in [0, 0.05) is 24.3 Å². The molecule has 0 aromatic heterocycles. The number of Topliss-reactive ketones (excluding diaryl/α,β-unsaturated/α-hetero) is 1. The number of piperidine rings is 1. The molecule has 0 amide bonds. The predicted molar refractivity (Wildman–Crippen MR) is 92.9 cm³/mol. The smallest absolute Gasteiger partial charge is 0.313 e. The van der Waals surface area contributed by atoms with Crippen LogP contribution in [0.25, 0.3) is 0 Å². The fourth-order valence-electron chi connectivity index (χ4n) is 4.95. The normalized spacial score (nSPS) is 29.9. The van der Waals surface area contributed by atoms with Crippen molar-refractivity contribution in [3.63, 3.8) is 0 Å². The second-order valence-electron chi connectivity index (χ2n) is 7.55. The summed E-state index contributed by atoms with van der Waals surface area (Å²) in [7, 11) is -5.84. The summed E-state index contributed by atoms with van der Waals surface area (Å²) in [5.74, 6) is 1.15. The van der Waals surface area contributed by atoms with E-state index in [-0.39, 0.29) is 5.41 Å². The lowest BCUT2D eigenvalue weighted by Crippen LogP contribution is -2.60. The maximum atomic E-state index is 12.1. The molecule has 5 nitrogen and oxygen atoms in total. The molecular formula is C18H22F3NO4S. The molecule has 2 aliphatic carbocycles. The van der Waals surface area contributed by atoms with E-state index >= 15 is 0 Å². The van der Waals surface area contributed by atoms with E-state index in [1.807, 2.05) is 0 Å². The lowest BCUT2D eigenvalue weighted by molar-refractivity contribution is -0.125.